The van der Waals surface area contributed by atoms with Gasteiger partial charge in [-0.3, -0.25) is 0 Å². The van der Waals surface area contributed by atoms with Crippen molar-refractivity contribution in [3.8, 4) is 11.3 Å². The van der Waals surface area contributed by atoms with Crippen LogP contribution in [0.5, 0.6) is 0 Å². The summed E-state index contributed by atoms with van der Waals surface area (Å²) in [5.74, 6) is 1.22. The summed E-state index contributed by atoms with van der Waals surface area (Å²) in [6, 6.07) is 10.5. The molecule has 0 atom stereocenters. The Labute approximate surface area is 132 Å². The van der Waals surface area contributed by atoms with Crippen molar-refractivity contribution in [3.63, 3.8) is 0 Å². The van der Waals surface area contributed by atoms with E-state index in [0.29, 0.717) is 16.7 Å². The van der Waals surface area contributed by atoms with Crippen molar-refractivity contribution in [1.29, 1.82) is 0 Å². The van der Waals surface area contributed by atoms with E-state index in [4.69, 9.17) is 4.42 Å². The Kier molecular flexibility index (Phi) is 4.76. The van der Waals surface area contributed by atoms with Gasteiger partial charge >= 0.3 is 0 Å². The number of hydrogen-bond acceptors (Lipinski definition) is 1. The highest BCUT2D eigenvalue weighted by molar-refractivity contribution is 5.58. The first kappa shape index (κ1) is 16.8. The Morgan fingerprint density at radius 2 is 1.68 bits per heavy atom. The number of quaternary nitrogens is 1. The molecule has 22 heavy (non-hydrogen) atoms. The summed E-state index contributed by atoms with van der Waals surface area (Å²) >= 11 is 0. The zero-order valence-corrected chi connectivity index (χ0v) is 14.2. The molecule has 1 aromatic carbocycles. The Bertz CT molecular complexity index is 622. The fraction of sp³-hybridized carbons (Fsp3) is 0.474. The molecule has 3 heteroatoms. The molecule has 0 aliphatic heterocycles. The first-order chi connectivity index (χ1) is 10.2. The molecule has 0 aliphatic rings. The summed E-state index contributed by atoms with van der Waals surface area (Å²) < 4.78 is 19.6. The number of halogens is 1. The molecular formula is C19H27FNO+. The van der Waals surface area contributed by atoms with Crippen LogP contribution in [0.2, 0.25) is 0 Å². The lowest BCUT2D eigenvalue weighted by molar-refractivity contribution is -0.738. The van der Waals surface area contributed by atoms with Crippen LogP contribution in [0, 0.1) is 11.2 Å². The van der Waals surface area contributed by atoms with Gasteiger partial charge in [-0.15, -0.1) is 0 Å². The van der Waals surface area contributed by atoms with Crippen molar-refractivity contribution < 1.29 is 14.1 Å². The molecule has 0 aliphatic carbocycles. The van der Waals surface area contributed by atoms with Crippen LogP contribution in [-0.2, 0) is 6.54 Å². The van der Waals surface area contributed by atoms with E-state index < -0.39 is 0 Å². The molecule has 0 saturated heterocycles. The van der Waals surface area contributed by atoms with E-state index in [0.717, 1.165) is 18.7 Å². The molecule has 1 aromatic heterocycles. The van der Waals surface area contributed by atoms with Gasteiger partial charge in [0.25, 0.3) is 0 Å². The minimum absolute atomic E-state index is 0.142. The van der Waals surface area contributed by atoms with Crippen LogP contribution < -0.4 is 5.32 Å². The van der Waals surface area contributed by atoms with E-state index in [2.05, 4.69) is 39.9 Å². The normalized spacial score (nSPS) is 12.6. The molecule has 120 valence electrons. The standard InChI is InChI=1S/C19H26FNO/c1-18(2,3)13-19(4,5)21-12-14-10-11-17(22-14)15-8-6-7-9-16(15)20/h6-11,21H,12-13H2,1-5H3/p+1. The maximum atomic E-state index is 13.8. The third-order valence-electron chi connectivity index (χ3n) is 3.64. The molecule has 0 saturated carbocycles. The van der Waals surface area contributed by atoms with Gasteiger partial charge in [0.15, 0.2) is 5.76 Å². The number of hydrogen-bond donors (Lipinski definition) is 1. The van der Waals surface area contributed by atoms with Crippen LogP contribution in [0.4, 0.5) is 4.39 Å². The minimum Gasteiger partial charge on any atom is -0.455 e. The lowest BCUT2D eigenvalue weighted by atomic mass is 9.82. The first-order valence-corrected chi connectivity index (χ1v) is 7.84. The third kappa shape index (κ3) is 4.70. The van der Waals surface area contributed by atoms with Crippen LogP contribution in [0.1, 0.15) is 46.8 Å². The van der Waals surface area contributed by atoms with E-state index in [-0.39, 0.29) is 11.4 Å². The van der Waals surface area contributed by atoms with E-state index >= 15 is 0 Å². The smallest absolute Gasteiger partial charge is 0.158 e. The van der Waals surface area contributed by atoms with Gasteiger partial charge in [0.05, 0.1) is 11.1 Å². The Balaban J connectivity index is 2.03. The van der Waals surface area contributed by atoms with E-state index in [1.54, 1.807) is 12.1 Å². The van der Waals surface area contributed by atoms with Crippen LogP contribution in [0.25, 0.3) is 11.3 Å². The van der Waals surface area contributed by atoms with Gasteiger partial charge < -0.3 is 9.73 Å². The molecule has 2 nitrogen and oxygen atoms in total. The van der Waals surface area contributed by atoms with Gasteiger partial charge in [0.1, 0.15) is 18.1 Å². The average Bonchev–Trinajstić information content (AvgIpc) is 2.83. The van der Waals surface area contributed by atoms with E-state index in [1.807, 2.05) is 18.2 Å². The van der Waals surface area contributed by atoms with Gasteiger partial charge in [-0.25, -0.2) is 4.39 Å². The molecule has 1 heterocycles. The van der Waals surface area contributed by atoms with Gasteiger partial charge in [0.2, 0.25) is 0 Å². The van der Waals surface area contributed by atoms with Crippen LogP contribution in [-0.4, -0.2) is 5.54 Å². The molecule has 0 amide bonds. The highest BCUT2D eigenvalue weighted by Crippen LogP contribution is 2.26. The second kappa shape index (κ2) is 6.25. The molecule has 0 fully saturated rings. The quantitative estimate of drug-likeness (QED) is 0.873. The van der Waals surface area contributed by atoms with Gasteiger partial charge in [-0.1, -0.05) is 32.9 Å². The maximum Gasteiger partial charge on any atom is 0.158 e. The van der Waals surface area contributed by atoms with Crippen molar-refractivity contribution in [1.82, 2.24) is 0 Å². The second-order valence-electron chi connectivity index (χ2n) is 7.88. The monoisotopic (exact) mass is 304 g/mol. The lowest BCUT2D eigenvalue weighted by Gasteiger charge is -2.30. The predicted molar refractivity (Wildman–Crippen MR) is 87.9 cm³/mol. The van der Waals surface area contributed by atoms with Crippen LogP contribution in [0.15, 0.2) is 40.8 Å². The third-order valence-corrected chi connectivity index (χ3v) is 3.64. The van der Waals surface area contributed by atoms with Crippen molar-refractivity contribution in [2.75, 3.05) is 0 Å². The summed E-state index contributed by atoms with van der Waals surface area (Å²) in [6.45, 7) is 12.0. The second-order valence-corrected chi connectivity index (χ2v) is 7.88. The fourth-order valence-electron chi connectivity index (χ4n) is 3.11. The Morgan fingerprint density at radius 3 is 2.32 bits per heavy atom. The first-order valence-electron chi connectivity index (χ1n) is 7.84. The minimum atomic E-state index is -0.250. The maximum absolute atomic E-state index is 13.8. The summed E-state index contributed by atoms with van der Waals surface area (Å²) in [5.41, 5.74) is 0.952. The zero-order chi connectivity index (χ0) is 16.4. The topological polar surface area (TPSA) is 29.8 Å². The molecule has 0 radical (unpaired) electrons. The molecule has 0 unspecified atom stereocenters. The van der Waals surface area contributed by atoms with E-state index in [9.17, 15) is 4.39 Å². The average molecular weight is 304 g/mol. The summed E-state index contributed by atoms with van der Waals surface area (Å²) in [6.07, 6.45) is 1.11. The van der Waals surface area contributed by atoms with Gasteiger partial charge in [-0.2, -0.15) is 0 Å². The molecule has 0 spiro atoms. The zero-order valence-electron chi connectivity index (χ0n) is 14.2. The number of rotatable bonds is 5. The molecule has 2 rings (SSSR count). The molecule has 0 bridgehead atoms. The predicted octanol–water partition coefficient (Wildman–Crippen LogP) is 4.36. The fourth-order valence-corrected chi connectivity index (χ4v) is 3.11. The van der Waals surface area contributed by atoms with Crippen LogP contribution in [0.3, 0.4) is 0 Å². The molecule has 2 aromatic rings. The highest BCUT2D eigenvalue weighted by Gasteiger charge is 2.28. The van der Waals surface area contributed by atoms with Gasteiger partial charge in [-0.05, 0) is 43.5 Å². The van der Waals surface area contributed by atoms with Gasteiger partial charge in [0, 0.05) is 6.42 Å². The lowest BCUT2D eigenvalue weighted by Crippen LogP contribution is -2.94. The van der Waals surface area contributed by atoms with E-state index in [1.165, 1.54) is 6.07 Å². The molecular weight excluding hydrogens is 277 g/mol. The summed E-state index contributed by atoms with van der Waals surface area (Å²) in [5, 5.41) is 2.29. The number of benzene rings is 1. The van der Waals surface area contributed by atoms with Crippen molar-refractivity contribution in [3.05, 3.63) is 48.0 Å². The Morgan fingerprint density at radius 1 is 1.00 bits per heavy atom. The van der Waals surface area contributed by atoms with Crippen molar-refractivity contribution in [2.45, 2.75) is 53.1 Å². The number of nitrogens with two attached hydrogens (primary N) is 1. The Hall–Kier alpha value is -1.61. The van der Waals surface area contributed by atoms with Crippen molar-refractivity contribution in [2.24, 2.45) is 5.41 Å². The van der Waals surface area contributed by atoms with Crippen LogP contribution >= 0.6 is 0 Å². The van der Waals surface area contributed by atoms with Crippen molar-refractivity contribution >= 4 is 0 Å². The summed E-state index contributed by atoms with van der Waals surface area (Å²) in [4.78, 5) is 0. The highest BCUT2D eigenvalue weighted by atomic mass is 19.1. The molecule has 2 N–H and O–H groups in total. The summed E-state index contributed by atoms with van der Waals surface area (Å²) in [7, 11) is 0. The SMILES string of the molecule is CC(C)(C)CC(C)(C)[NH2+]Cc1ccc(-c2ccccc2F)o1. The largest absolute Gasteiger partial charge is 0.455 e. The number of furan rings is 1.